The van der Waals surface area contributed by atoms with Crippen LogP contribution in [0.15, 0.2) is 54.6 Å². The highest BCUT2D eigenvalue weighted by molar-refractivity contribution is 5.24. The molecule has 1 heteroatoms. The maximum Gasteiger partial charge on any atom is 0.00202 e. The maximum atomic E-state index is 3.58. The molecular formula is C20H27N. The van der Waals surface area contributed by atoms with Gasteiger partial charge in [0.25, 0.3) is 0 Å². The van der Waals surface area contributed by atoms with Crippen molar-refractivity contribution in [1.29, 1.82) is 0 Å². The summed E-state index contributed by atoms with van der Waals surface area (Å²) in [6.45, 7) is 6.57. The van der Waals surface area contributed by atoms with E-state index in [4.69, 9.17) is 0 Å². The van der Waals surface area contributed by atoms with E-state index in [0.717, 1.165) is 19.5 Å². The van der Waals surface area contributed by atoms with Crippen molar-refractivity contribution in [3.8, 4) is 0 Å². The third kappa shape index (κ3) is 5.35. The maximum absolute atomic E-state index is 3.58. The van der Waals surface area contributed by atoms with Crippen LogP contribution in [0.25, 0.3) is 0 Å². The minimum Gasteiger partial charge on any atom is -0.316 e. The van der Waals surface area contributed by atoms with Crippen LogP contribution in [0.4, 0.5) is 0 Å². The number of hydrogen-bond donors (Lipinski definition) is 1. The highest BCUT2D eigenvalue weighted by atomic mass is 14.8. The Bertz CT molecular complexity index is 518. The van der Waals surface area contributed by atoms with Gasteiger partial charge in [-0.05, 0) is 49.8 Å². The molecule has 0 spiro atoms. The minimum absolute atomic E-state index is 0.596. The molecule has 112 valence electrons. The van der Waals surface area contributed by atoms with E-state index < -0.39 is 0 Å². The highest BCUT2D eigenvalue weighted by Crippen LogP contribution is 2.21. The molecule has 1 nitrogen and oxygen atoms in total. The summed E-state index contributed by atoms with van der Waals surface area (Å²) < 4.78 is 0. The van der Waals surface area contributed by atoms with Gasteiger partial charge < -0.3 is 5.32 Å². The van der Waals surface area contributed by atoms with Crippen molar-refractivity contribution in [2.45, 2.75) is 39.0 Å². The van der Waals surface area contributed by atoms with Gasteiger partial charge in [0.15, 0.2) is 0 Å². The molecule has 0 aliphatic rings. The molecule has 0 aliphatic heterocycles. The zero-order valence-corrected chi connectivity index (χ0v) is 13.3. The van der Waals surface area contributed by atoms with E-state index in [0.29, 0.717) is 5.92 Å². The van der Waals surface area contributed by atoms with Gasteiger partial charge >= 0.3 is 0 Å². The van der Waals surface area contributed by atoms with Gasteiger partial charge in [-0.3, -0.25) is 0 Å². The average molecular weight is 281 g/mol. The Hall–Kier alpha value is -1.60. The Labute approximate surface area is 129 Å². The van der Waals surface area contributed by atoms with Crippen molar-refractivity contribution < 1.29 is 0 Å². The van der Waals surface area contributed by atoms with Crippen molar-refractivity contribution in [3.63, 3.8) is 0 Å². The topological polar surface area (TPSA) is 12.0 Å². The lowest BCUT2D eigenvalue weighted by molar-refractivity contribution is 0.548. The van der Waals surface area contributed by atoms with Gasteiger partial charge in [-0.25, -0.2) is 0 Å². The first-order valence-corrected chi connectivity index (χ1v) is 8.10. The molecule has 0 aromatic heterocycles. The molecule has 2 aromatic rings. The first-order chi connectivity index (χ1) is 10.3. The molecule has 0 saturated heterocycles. The molecule has 0 heterocycles. The number of aryl methyl sites for hydroxylation is 2. The number of benzene rings is 2. The number of rotatable bonds is 8. The third-order valence-corrected chi connectivity index (χ3v) is 3.95. The predicted molar refractivity (Wildman–Crippen MR) is 91.8 cm³/mol. The lowest BCUT2D eigenvalue weighted by Gasteiger charge is -2.18. The van der Waals surface area contributed by atoms with E-state index in [1.54, 1.807) is 0 Å². The van der Waals surface area contributed by atoms with Crippen molar-refractivity contribution in [3.05, 3.63) is 71.3 Å². The van der Waals surface area contributed by atoms with Crippen molar-refractivity contribution in [1.82, 2.24) is 5.32 Å². The molecule has 0 bridgehead atoms. The smallest absolute Gasteiger partial charge is 0.00202 e. The predicted octanol–water partition coefficient (Wildman–Crippen LogP) is 4.71. The van der Waals surface area contributed by atoms with Crippen molar-refractivity contribution in [2.24, 2.45) is 0 Å². The van der Waals surface area contributed by atoms with Crippen LogP contribution in [-0.2, 0) is 6.42 Å². The highest BCUT2D eigenvalue weighted by Gasteiger charge is 2.11. The van der Waals surface area contributed by atoms with Crippen LogP contribution in [0.3, 0.4) is 0 Å². The molecule has 2 aromatic carbocycles. The Balaban J connectivity index is 1.98. The van der Waals surface area contributed by atoms with Crippen LogP contribution in [0.1, 0.15) is 42.4 Å². The van der Waals surface area contributed by atoms with E-state index >= 15 is 0 Å². The van der Waals surface area contributed by atoms with E-state index in [-0.39, 0.29) is 0 Å². The summed E-state index contributed by atoms with van der Waals surface area (Å²) in [6.07, 6.45) is 3.54. The minimum atomic E-state index is 0.596. The van der Waals surface area contributed by atoms with E-state index in [2.05, 4.69) is 73.8 Å². The van der Waals surface area contributed by atoms with Crippen LogP contribution in [0.2, 0.25) is 0 Å². The average Bonchev–Trinajstić information content (AvgIpc) is 2.52. The van der Waals surface area contributed by atoms with Gasteiger partial charge in [-0.15, -0.1) is 0 Å². The fourth-order valence-corrected chi connectivity index (χ4v) is 2.77. The van der Waals surface area contributed by atoms with E-state index in [1.807, 2.05) is 0 Å². The molecule has 0 saturated carbocycles. The molecule has 2 rings (SSSR count). The molecule has 1 N–H and O–H groups in total. The fourth-order valence-electron chi connectivity index (χ4n) is 2.77. The lowest BCUT2D eigenvalue weighted by atomic mass is 9.92. The normalized spacial score (nSPS) is 12.3. The Morgan fingerprint density at radius 3 is 2.52 bits per heavy atom. The second-order valence-electron chi connectivity index (χ2n) is 5.84. The summed E-state index contributed by atoms with van der Waals surface area (Å²) in [5.74, 6) is 0.596. The molecule has 21 heavy (non-hydrogen) atoms. The molecule has 0 fully saturated rings. The van der Waals surface area contributed by atoms with Crippen LogP contribution < -0.4 is 5.32 Å². The number of nitrogens with one attached hydrogen (secondary N) is 1. The van der Waals surface area contributed by atoms with Gasteiger partial charge in [-0.2, -0.15) is 0 Å². The van der Waals surface area contributed by atoms with Gasteiger partial charge in [0.2, 0.25) is 0 Å². The van der Waals surface area contributed by atoms with Gasteiger partial charge in [0.1, 0.15) is 0 Å². The van der Waals surface area contributed by atoms with Crippen molar-refractivity contribution >= 4 is 0 Å². The monoisotopic (exact) mass is 281 g/mol. The van der Waals surface area contributed by atoms with Crippen LogP contribution >= 0.6 is 0 Å². The largest absolute Gasteiger partial charge is 0.316 e. The summed E-state index contributed by atoms with van der Waals surface area (Å²) in [5.41, 5.74) is 4.26. The standard InChI is InChI=1S/C20H27N/c1-3-14-21-16-20(19-10-5-4-6-11-19)13-12-18-9-7-8-17(2)15-18/h4-11,15,20-21H,3,12-14,16H2,1-2H3. The quantitative estimate of drug-likeness (QED) is 0.691. The first kappa shape index (κ1) is 15.8. The zero-order chi connectivity index (χ0) is 14.9. The van der Waals surface area contributed by atoms with Crippen LogP contribution in [0, 0.1) is 6.92 Å². The molecule has 1 unspecified atom stereocenters. The SMILES string of the molecule is CCCNCC(CCc1cccc(C)c1)c1ccccc1. The summed E-state index contributed by atoms with van der Waals surface area (Å²) in [5, 5.41) is 3.58. The van der Waals surface area contributed by atoms with Gasteiger partial charge in [-0.1, -0.05) is 67.1 Å². The first-order valence-electron chi connectivity index (χ1n) is 8.10. The lowest BCUT2D eigenvalue weighted by Crippen LogP contribution is -2.22. The van der Waals surface area contributed by atoms with Crippen LogP contribution in [-0.4, -0.2) is 13.1 Å². The second kappa shape index (κ2) is 8.63. The molecule has 1 atom stereocenters. The number of hydrogen-bond acceptors (Lipinski definition) is 1. The van der Waals surface area contributed by atoms with Crippen molar-refractivity contribution in [2.75, 3.05) is 13.1 Å². The third-order valence-electron chi connectivity index (χ3n) is 3.95. The molecule has 0 amide bonds. The van der Waals surface area contributed by atoms with Gasteiger partial charge in [0, 0.05) is 6.54 Å². The summed E-state index contributed by atoms with van der Waals surface area (Å²) >= 11 is 0. The summed E-state index contributed by atoms with van der Waals surface area (Å²) in [4.78, 5) is 0. The zero-order valence-electron chi connectivity index (χ0n) is 13.3. The summed E-state index contributed by atoms with van der Waals surface area (Å²) in [6, 6.07) is 19.8. The van der Waals surface area contributed by atoms with Gasteiger partial charge in [0.05, 0.1) is 0 Å². The summed E-state index contributed by atoms with van der Waals surface area (Å²) in [7, 11) is 0. The molecule has 0 aliphatic carbocycles. The fraction of sp³-hybridized carbons (Fsp3) is 0.400. The van der Waals surface area contributed by atoms with E-state index in [1.165, 1.54) is 29.5 Å². The molecule has 0 radical (unpaired) electrons. The molecular weight excluding hydrogens is 254 g/mol. The Morgan fingerprint density at radius 1 is 1.00 bits per heavy atom. The second-order valence-corrected chi connectivity index (χ2v) is 5.84. The van der Waals surface area contributed by atoms with Crippen LogP contribution in [0.5, 0.6) is 0 Å². The van der Waals surface area contributed by atoms with E-state index in [9.17, 15) is 0 Å². The Kier molecular flexibility index (Phi) is 6.49. The Morgan fingerprint density at radius 2 is 1.81 bits per heavy atom.